The van der Waals surface area contributed by atoms with E-state index in [2.05, 4.69) is 10.4 Å². The lowest BCUT2D eigenvalue weighted by Crippen LogP contribution is -2.27. The van der Waals surface area contributed by atoms with Gasteiger partial charge in [-0.3, -0.25) is 25.7 Å². The van der Waals surface area contributed by atoms with Crippen molar-refractivity contribution in [2.24, 2.45) is 5.84 Å². The standard InChI is InChI=1S/C13H13N5O3/c1-17(9-2-4-10(5-3-9)18(20)21)13(19)11-8-15-7-6-12(11)16-14/h2-8H,14H2,1H3,(H,15,16). The van der Waals surface area contributed by atoms with E-state index in [-0.39, 0.29) is 11.6 Å². The number of non-ortho nitro benzene ring substituents is 1. The van der Waals surface area contributed by atoms with Crippen LogP contribution in [-0.2, 0) is 0 Å². The summed E-state index contributed by atoms with van der Waals surface area (Å²) in [6, 6.07) is 7.26. The normalized spacial score (nSPS) is 10.0. The average Bonchev–Trinajstić information content (AvgIpc) is 2.53. The number of pyridine rings is 1. The summed E-state index contributed by atoms with van der Waals surface area (Å²) in [6.45, 7) is 0. The maximum absolute atomic E-state index is 12.4. The third kappa shape index (κ3) is 2.95. The molecule has 1 aromatic heterocycles. The topological polar surface area (TPSA) is 114 Å². The summed E-state index contributed by atoms with van der Waals surface area (Å²) in [5.41, 5.74) is 3.67. The molecule has 0 aliphatic carbocycles. The highest BCUT2D eigenvalue weighted by molar-refractivity contribution is 6.09. The molecule has 0 atom stereocenters. The molecule has 0 spiro atoms. The Bertz CT molecular complexity index is 672. The fourth-order valence-electron chi connectivity index (χ4n) is 1.79. The average molecular weight is 287 g/mol. The Morgan fingerprint density at radius 1 is 1.33 bits per heavy atom. The minimum Gasteiger partial charge on any atom is -0.323 e. The number of nitrogens with one attached hydrogen (secondary N) is 1. The first kappa shape index (κ1) is 14.4. The van der Waals surface area contributed by atoms with Crippen molar-refractivity contribution in [2.45, 2.75) is 0 Å². The molecular formula is C13H13N5O3. The first-order chi connectivity index (χ1) is 10.0. The number of nitrogens with two attached hydrogens (primary N) is 1. The molecule has 0 unspecified atom stereocenters. The van der Waals surface area contributed by atoms with Crippen LogP contribution < -0.4 is 16.2 Å². The summed E-state index contributed by atoms with van der Waals surface area (Å²) in [5, 5.41) is 10.6. The highest BCUT2D eigenvalue weighted by Gasteiger charge is 2.17. The van der Waals surface area contributed by atoms with Gasteiger partial charge in [-0.1, -0.05) is 0 Å². The molecule has 3 N–H and O–H groups in total. The maximum Gasteiger partial charge on any atom is 0.269 e. The number of nitro groups is 1. The van der Waals surface area contributed by atoms with E-state index in [9.17, 15) is 14.9 Å². The fourth-order valence-corrected chi connectivity index (χ4v) is 1.79. The van der Waals surface area contributed by atoms with Crippen molar-refractivity contribution < 1.29 is 9.72 Å². The summed E-state index contributed by atoms with van der Waals surface area (Å²) in [7, 11) is 1.57. The molecule has 0 saturated carbocycles. The van der Waals surface area contributed by atoms with Gasteiger partial charge in [-0.05, 0) is 18.2 Å². The number of aromatic nitrogens is 1. The predicted octanol–water partition coefficient (Wildman–Crippen LogP) is 1.55. The summed E-state index contributed by atoms with van der Waals surface area (Å²) in [4.78, 5) is 27.8. The highest BCUT2D eigenvalue weighted by Crippen LogP contribution is 2.22. The molecule has 108 valence electrons. The monoisotopic (exact) mass is 287 g/mol. The summed E-state index contributed by atoms with van der Waals surface area (Å²) in [5.74, 6) is 5.03. The molecule has 0 saturated heterocycles. The Morgan fingerprint density at radius 2 is 2.00 bits per heavy atom. The molecule has 0 aliphatic rings. The van der Waals surface area contributed by atoms with Crippen LogP contribution in [0.1, 0.15) is 10.4 Å². The lowest BCUT2D eigenvalue weighted by Gasteiger charge is -2.18. The van der Waals surface area contributed by atoms with Crippen molar-refractivity contribution in [3.63, 3.8) is 0 Å². The lowest BCUT2D eigenvalue weighted by atomic mass is 10.2. The number of rotatable bonds is 4. The Morgan fingerprint density at radius 3 is 2.57 bits per heavy atom. The Kier molecular flexibility index (Phi) is 4.10. The molecule has 8 nitrogen and oxygen atoms in total. The van der Waals surface area contributed by atoms with Gasteiger partial charge in [0.25, 0.3) is 11.6 Å². The van der Waals surface area contributed by atoms with Crippen LogP contribution in [0.3, 0.4) is 0 Å². The van der Waals surface area contributed by atoms with E-state index in [1.807, 2.05) is 0 Å². The van der Waals surface area contributed by atoms with Gasteiger partial charge in [-0.15, -0.1) is 0 Å². The minimum absolute atomic E-state index is 0.0368. The number of carbonyl (C=O) groups is 1. The number of hydrogen-bond acceptors (Lipinski definition) is 6. The predicted molar refractivity (Wildman–Crippen MR) is 77.9 cm³/mol. The van der Waals surface area contributed by atoms with E-state index in [0.29, 0.717) is 16.9 Å². The second kappa shape index (κ2) is 5.97. The van der Waals surface area contributed by atoms with Gasteiger partial charge in [0.05, 0.1) is 16.2 Å². The van der Waals surface area contributed by atoms with Crippen LogP contribution in [0.25, 0.3) is 0 Å². The second-order valence-corrected chi connectivity index (χ2v) is 4.20. The van der Waals surface area contributed by atoms with E-state index < -0.39 is 4.92 Å². The summed E-state index contributed by atoms with van der Waals surface area (Å²) >= 11 is 0. The second-order valence-electron chi connectivity index (χ2n) is 4.20. The van der Waals surface area contributed by atoms with Gasteiger partial charge < -0.3 is 10.3 Å². The zero-order valence-corrected chi connectivity index (χ0v) is 11.2. The number of amides is 1. The summed E-state index contributed by atoms with van der Waals surface area (Å²) in [6.07, 6.45) is 2.91. The van der Waals surface area contributed by atoms with Crippen LogP contribution in [0, 0.1) is 10.1 Å². The van der Waals surface area contributed by atoms with Crippen molar-refractivity contribution >= 4 is 23.0 Å². The number of carbonyl (C=O) groups excluding carboxylic acids is 1. The fraction of sp³-hybridized carbons (Fsp3) is 0.0769. The number of benzene rings is 1. The first-order valence-corrected chi connectivity index (χ1v) is 5.97. The van der Waals surface area contributed by atoms with Gasteiger partial charge in [0.15, 0.2) is 0 Å². The molecule has 1 heterocycles. The number of hydrazine groups is 1. The van der Waals surface area contributed by atoms with Crippen molar-refractivity contribution in [3.8, 4) is 0 Å². The van der Waals surface area contributed by atoms with Gasteiger partial charge in [0.2, 0.25) is 0 Å². The van der Waals surface area contributed by atoms with Crippen molar-refractivity contribution in [1.82, 2.24) is 4.98 Å². The molecule has 0 radical (unpaired) electrons. The molecule has 2 aromatic rings. The molecule has 2 rings (SSSR count). The first-order valence-electron chi connectivity index (χ1n) is 5.97. The van der Waals surface area contributed by atoms with Gasteiger partial charge in [0.1, 0.15) is 0 Å². The minimum atomic E-state index is -0.497. The number of nitrogens with zero attached hydrogens (tertiary/aromatic N) is 3. The maximum atomic E-state index is 12.4. The van der Waals surface area contributed by atoms with E-state index in [0.717, 1.165) is 0 Å². The van der Waals surface area contributed by atoms with Crippen LogP contribution in [-0.4, -0.2) is 22.9 Å². The highest BCUT2D eigenvalue weighted by atomic mass is 16.6. The van der Waals surface area contributed by atoms with Gasteiger partial charge in [-0.2, -0.15) is 0 Å². The van der Waals surface area contributed by atoms with Crippen molar-refractivity contribution in [1.29, 1.82) is 0 Å². The molecule has 21 heavy (non-hydrogen) atoms. The smallest absolute Gasteiger partial charge is 0.269 e. The number of anilines is 2. The van der Waals surface area contributed by atoms with Gasteiger partial charge >= 0.3 is 0 Å². The van der Waals surface area contributed by atoms with Gasteiger partial charge in [-0.25, -0.2) is 0 Å². The molecular weight excluding hydrogens is 274 g/mol. The van der Waals surface area contributed by atoms with Crippen LogP contribution in [0.2, 0.25) is 0 Å². The zero-order valence-electron chi connectivity index (χ0n) is 11.2. The third-order valence-electron chi connectivity index (χ3n) is 2.96. The Labute approximate surface area is 120 Å². The summed E-state index contributed by atoms with van der Waals surface area (Å²) < 4.78 is 0. The number of hydrogen-bond donors (Lipinski definition) is 2. The molecule has 8 heteroatoms. The largest absolute Gasteiger partial charge is 0.323 e. The Balaban J connectivity index is 2.28. The number of nitro benzene ring substituents is 1. The Hall–Kier alpha value is -3.00. The third-order valence-corrected chi connectivity index (χ3v) is 2.96. The van der Waals surface area contributed by atoms with Gasteiger partial charge in [0, 0.05) is 37.3 Å². The number of nitrogen functional groups attached to an aromatic ring is 1. The molecule has 0 bridgehead atoms. The van der Waals surface area contributed by atoms with Crippen LogP contribution >= 0.6 is 0 Å². The van der Waals surface area contributed by atoms with Crippen LogP contribution in [0.5, 0.6) is 0 Å². The molecule has 0 aliphatic heterocycles. The lowest BCUT2D eigenvalue weighted by molar-refractivity contribution is -0.384. The van der Waals surface area contributed by atoms with E-state index in [1.165, 1.54) is 41.6 Å². The van der Waals surface area contributed by atoms with E-state index in [4.69, 9.17) is 5.84 Å². The molecule has 1 aromatic carbocycles. The SMILES string of the molecule is CN(C(=O)c1cnccc1NN)c1ccc([N+](=O)[O-])cc1. The van der Waals surface area contributed by atoms with Crippen LogP contribution in [0.4, 0.5) is 17.1 Å². The van der Waals surface area contributed by atoms with Crippen LogP contribution in [0.15, 0.2) is 42.7 Å². The van der Waals surface area contributed by atoms with E-state index in [1.54, 1.807) is 13.1 Å². The molecule has 1 amide bonds. The quantitative estimate of drug-likeness (QED) is 0.501. The van der Waals surface area contributed by atoms with Crippen molar-refractivity contribution in [2.75, 3.05) is 17.4 Å². The van der Waals surface area contributed by atoms with E-state index >= 15 is 0 Å². The van der Waals surface area contributed by atoms with Crippen molar-refractivity contribution in [3.05, 3.63) is 58.4 Å². The zero-order chi connectivity index (χ0) is 15.4. The molecule has 0 fully saturated rings.